The number of nitrogens with one attached hydrogen (secondary N) is 1. The minimum Gasteiger partial charge on any atom is -0.394 e. The number of allylic oxidation sites excluding steroid dienone is 3. The third-order valence-electron chi connectivity index (χ3n) is 10.6. The van der Waals surface area contributed by atoms with Gasteiger partial charge < -0.3 is 45.4 Å². The Morgan fingerprint density at radius 2 is 1.07 bits per heavy atom. The van der Waals surface area contributed by atoms with Crippen LogP contribution in [0, 0.1) is 0 Å². The van der Waals surface area contributed by atoms with E-state index >= 15 is 0 Å². The summed E-state index contributed by atoms with van der Waals surface area (Å²) in [7, 11) is 0. The predicted octanol–water partition coefficient (Wildman–Crippen LogP) is 7.69. The first-order chi connectivity index (χ1) is 26.3. The highest BCUT2D eigenvalue weighted by Gasteiger charge is 2.44. The van der Waals surface area contributed by atoms with Gasteiger partial charge in [-0.1, -0.05) is 167 Å². The van der Waals surface area contributed by atoms with Crippen LogP contribution in [-0.2, 0) is 14.3 Å². The van der Waals surface area contributed by atoms with Crippen LogP contribution in [0.3, 0.4) is 0 Å². The van der Waals surface area contributed by atoms with Crippen molar-refractivity contribution in [3.8, 4) is 0 Å². The average Bonchev–Trinajstić information content (AvgIpc) is 3.17. The van der Waals surface area contributed by atoms with E-state index in [1.54, 1.807) is 6.08 Å². The molecular formula is C44H83NO9. The van der Waals surface area contributed by atoms with Crippen LogP contribution >= 0.6 is 0 Å². The quantitative estimate of drug-likeness (QED) is 0.0250. The lowest BCUT2D eigenvalue weighted by Gasteiger charge is -2.40. The van der Waals surface area contributed by atoms with Crippen molar-refractivity contribution in [3.63, 3.8) is 0 Å². The Morgan fingerprint density at radius 3 is 1.59 bits per heavy atom. The summed E-state index contributed by atoms with van der Waals surface area (Å²) < 4.78 is 11.1. The molecule has 8 atom stereocenters. The number of amides is 1. The Hall–Kier alpha value is -1.37. The molecule has 0 radical (unpaired) electrons. The maximum absolute atomic E-state index is 13.0. The molecule has 0 aromatic heterocycles. The SMILES string of the molecule is CCCCCC=CCCCCCCCC=CC(O)C(COC1OC(CO)C(O)C(O)C1O)NC(=O)C(O)CCCCCCCCCCCCCCCCC. The van der Waals surface area contributed by atoms with Gasteiger partial charge in [-0.15, -0.1) is 0 Å². The van der Waals surface area contributed by atoms with E-state index < -0.39 is 61.5 Å². The number of hydrogen-bond acceptors (Lipinski definition) is 9. The maximum atomic E-state index is 13.0. The Bertz CT molecular complexity index is 916. The summed E-state index contributed by atoms with van der Waals surface area (Å²) in [6, 6.07) is -0.980. The van der Waals surface area contributed by atoms with Crippen LogP contribution in [0.2, 0.25) is 0 Å². The van der Waals surface area contributed by atoms with Crippen molar-refractivity contribution in [3.05, 3.63) is 24.3 Å². The molecule has 8 unspecified atom stereocenters. The second kappa shape index (κ2) is 34.8. The Balaban J connectivity index is 2.45. The minimum atomic E-state index is -1.61. The lowest BCUT2D eigenvalue weighted by molar-refractivity contribution is -0.302. The van der Waals surface area contributed by atoms with Gasteiger partial charge in [0.2, 0.25) is 5.91 Å². The molecule has 0 aliphatic carbocycles. The maximum Gasteiger partial charge on any atom is 0.249 e. The van der Waals surface area contributed by atoms with E-state index in [0.717, 1.165) is 57.8 Å². The summed E-state index contributed by atoms with van der Waals surface area (Å²) in [5.41, 5.74) is 0. The molecule has 1 saturated heterocycles. The topological polar surface area (TPSA) is 169 Å². The Morgan fingerprint density at radius 1 is 0.630 bits per heavy atom. The zero-order chi connectivity index (χ0) is 39.7. The van der Waals surface area contributed by atoms with Crippen LogP contribution in [0.1, 0.15) is 187 Å². The molecule has 7 N–H and O–H groups in total. The molecule has 10 nitrogen and oxygen atoms in total. The lowest BCUT2D eigenvalue weighted by atomic mass is 9.99. The van der Waals surface area contributed by atoms with Gasteiger partial charge in [-0.3, -0.25) is 4.79 Å². The lowest BCUT2D eigenvalue weighted by Crippen LogP contribution is -2.60. The molecule has 0 bridgehead atoms. The zero-order valence-electron chi connectivity index (χ0n) is 34.3. The van der Waals surface area contributed by atoms with Crippen molar-refractivity contribution in [2.45, 2.75) is 236 Å². The number of unbranched alkanes of at least 4 members (excludes halogenated alkanes) is 23. The van der Waals surface area contributed by atoms with Crippen LogP contribution in [0.15, 0.2) is 24.3 Å². The molecule has 1 fully saturated rings. The summed E-state index contributed by atoms with van der Waals surface area (Å²) in [5, 5.41) is 64.5. The Labute approximate surface area is 329 Å². The van der Waals surface area contributed by atoms with Gasteiger partial charge in [-0.2, -0.15) is 0 Å². The molecule has 318 valence electrons. The highest BCUT2D eigenvalue weighted by atomic mass is 16.7. The fourth-order valence-corrected chi connectivity index (χ4v) is 6.92. The first-order valence-electron chi connectivity index (χ1n) is 22.2. The molecule has 1 aliphatic rings. The molecular weight excluding hydrogens is 686 g/mol. The molecule has 0 spiro atoms. The van der Waals surface area contributed by atoms with E-state index in [-0.39, 0.29) is 6.61 Å². The largest absolute Gasteiger partial charge is 0.394 e. The van der Waals surface area contributed by atoms with Crippen LogP contribution in [0.4, 0.5) is 0 Å². The molecule has 0 aromatic carbocycles. The molecule has 54 heavy (non-hydrogen) atoms. The summed E-state index contributed by atoms with van der Waals surface area (Å²) in [5.74, 6) is -0.619. The van der Waals surface area contributed by atoms with E-state index in [0.29, 0.717) is 6.42 Å². The molecule has 0 aromatic rings. The van der Waals surface area contributed by atoms with Gasteiger partial charge in [0, 0.05) is 0 Å². The van der Waals surface area contributed by atoms with Crippen molar-refractivity contribution in [1.29, 1.82) is 0 Å². The summed E-state index contributed by atoms with van der Waals surface area (Å²) in [6.45, 7) is 3.57. The molecule has 1 rings (SSSR count). The number of carbonyl (C=O) groups is 1. The van der Waals surface area contributed by atoms with Crippen LogP contribution in [0.5, 0.6) is 0 Å². The van der Waals surface area contributed by atoms with Gasteiger partial charge in [-0.25, -0.2) is 0 Å². The molecule has 1 aliphatic heterocycles. The van der Waals surface area contributed by atoms with Gasteiger partial charge in [0.15, 0.2) is 6.29 Å². The Kier molecular flexibility index (Phi) is 32.7. The van der Waals surface area contributed by atoms with E-state index in [1.807, 2.05) is 6.08 Å². The molecule has 1 amide bonds. The second-order valence-electron chi connectivity index (χ2n) is 15.6. The molecule has 1 heterocycles. The first-order valence-corrected chi connectivity index (χ1v) is 22.2. The predicted molar refractivity (Wildman–Crippen MR) is 218 cm³/mol. The van der Waals surface area contributed by atoms with Crippen molar-refractivity contribution in [2.24, 2.45) is 0 Å². The van der Waals surface area contributed by atoms with E-state index in [1.165, 1.54) is 109 Å². The summed E-state index contributed by atoms with van der Waals surface area (Å²) in [4.78, 5) is 13.0. The third kappa shape index (κ3) is 25.0. The standard InChI is InChI=1S/C44H83NO9/c1-3-5-7-9-11-13-15-17-19-21-23-25-27-29-31-33-38(48)43(52)45-36(35-53-44-42(51)41(50)40(49)39(34-46)54-44)37(47)32-30-28-26-24-22-20-18-16-14-12-10-8-6-4-2/h12,14,30,32,36-42,44,46-51H,3-11,13,15-29,31,33-35H2,1-2H3,(H,45,52). The number of rotatable bonds is 36. The smallest absolute Gasteiger partial charge is 0.249 e. The van der Waals surface area contributed by atoms with Gasteiger partial charge in [0.05, 0.1) is 25.4 Å². The summed E-state index contributed by atoms with van der Waals surface area (Å²) in [6.07, 6.45) is 29.7. The second-order valence-corrected chi connectivity index (χ2v) is 15.6. The van der Waals surface area contributed by atoms with E-state index in [2.05, 4.69) is 31.3 Å². The fraction of sp³-hybridized carbons (Fsp3) is 0.886. The number of aliphatic hydroxyl groups excluding tert-OH is 6. The van der Waals surface area contributed by atoms with Gasteiger partial charge in [0.25, 0.3) is 0 Å². The monoisotopic (exact) mass is 770 g/mol. The van der Waals surface area contributed by atoms with Crippen LogP contribution in [-0.4, -0.2) is 98.7 Å². The normalized spacial score (nSPS) is 22.3. The summed E-state index contributed by atoms with van der Waals surface area (Å²) >= 11 is 0. The number of aliphatic hydroxyl groups is 6. The van der Waals surface area contributed by atoms with Gasteiger partial charge in [0.1, 0.15) is 30.5 Å². The van der Waals surface area contributed by atoms with Gasteiger partial charge in [-0.05, 0) is 44.9 Å². The number of ether oxygens (including phenoxy) is 2. The first kappa shape index (κ1) is 50.6. The third-order valence-corrected chi connectivity index (χ3v) is 10.6. The van der Waals surface area contributed by atoms with Crippen molar-refractivity contribution >= 4 is 5.91 Å². The fourth-order valence-electron chi connectivity index (χ4n) is 6.92. The van der Waals surface area contributed by atoms with Crippen molar-refractivity contribution in [2.75, 3.05) is 13.2 Å². The molecule has 10 heteroatoms. The average molecular weight is 770 g/mol. The molecule has 0 saturated carbocycles. The van der Waals surface area contributed by atoms with E-state index in [4.69, 9.17) is 9.47 Å². The van der Waals surface area contributed by atoms with Crippen LogP contribution < -0.4 is 5.32 Å². The van der Waals surface area contributed by atoms with Crippen molar-refractivity contribution < 1.29 is 44.9 Å². The number of hydrogen-bond donors (Lipinski definition) is 7. The van der Waals surface area contributed by atoms with Crippen molar-refractivity contribution in [1.82, 2.24) is 5.32 Å². The number of carbonyl (C=O) groups excluding carboxylic acids is 1. The highest BCUT2D eigenvalue weighted by molar-refractivity contribution is 5.80. The minimum absolute atomic E-state index is 0.307. The van der Waals surface area contributed by atoms with Crippen LogP contribution in [0.25, 0.3) is 0 Å². The highest BCUT2D eigenvalue weighted by Crippen LogP contribution is 2.22. The van der Waals surface area contributed by atoms with Gasteiger partial charge >= 0.3 is 0 Å². The van der Waals surface area contributed by atoms with E-state index in [9.17, 15) is 35.4 Å². The zero-order valence-corrected chi connectivity index (χ0v) is 34.3.